The fourth-order valence-electron chi connectivity index (χ4n) is 3.69. The predicted molar refractivity (Wildman–Crippen MR) is 103 cm³/mol. The quantitative estimate of drug-likeness (QED) is 0.630. The number of imide groups is 1. The molecular formula is C21H25N3O3. The summed E-state index contributed by atoms with van der Waals surface area (Å²) in [5, 5.41) is 2.73. The van der Waals surface area contributed by atoms with Crippen molar-refractivity contribution in [2.24, 2.45) is 0 Å². The molecule has 1 saturated heterocycles. The van der Waals surface area contributed by atoms with E-state index in [2.05, 4.69) is 16.8 Å². The number of urea groups is 1. The minimum Gasteiger partial charge on any atom is -0.348 e. The number of aryl methyl sites for hydroxylation is 1. The zero-order valence-electron chi connectivity index (χ0n) is 16.2. The lowest BCUT2D eigenvalue weighted by molar-refractivity contribution is -0.130. The van der Waals surface area contributed by atoms with Crippen molar-refractivity contribution in [2.75, 3.05) is 6.54 Å². The number of Topliss-reactive ketones (excluding diaryl/α,β-unsaturated/α-hetero) is 1. The Morgan fingerprint density at radius 2 is 1.81 bits per heavy atom. The lowest BCUT2D eigenvalue weighted by Crippen LogP contribution is -2.41. The maximum Gasteiger partial charge on any atom is 0.325 e. The van der Waals surface area contributed by atoms with Gasteiger partial charge < -0.3 is 9.88 Å². The van der Waals surface area contributed by atoms with E-state index in [0.29, 0.717) is 11.1 Å². The van der Waals surface area contributed by atoms with Gasteiger partial charge >= 0.3 is 6.03 Å². The predicted octanol–water partition coefficient (Wildman–Crippen LogP) is 3.16. The number of amides is 3. The fourth-order valence-corrected chi connectivity index (χ4v) is 3.69. The average molecular weight is 367 g/mol. The van der Waals surface area contributed by atoms with Crippen LogP contribution in [-0.4, -0.2) is 33.7 Å². The number of ketones is 1. The Morgan fingerprint density at radius 1 is 1.15 bits per heavy atom. The SMILES string of the molecule is CCCn1c(C)cc(C(=O)CN2C(=O)N[C@](C)(c3ccccc3)C2=O)c1C. The highest BCUT2D eigenvalue weighted by Gasteiger charge is 2.49. The van der Waals surface area contributed by atoms with Gasteiger partial charge in [0.15, 0.2) is 5.78 Å². The summed E-state index contributed by atoms with van der Waals surface area (Å²) >= 11 is 0. The van der Waals surface area contributed by atoms with Crippen molar-refractivity contribution in [3.8, 4) is 0 Å². The second-order valence-electron chi connectivity index (χ2n) is 7.17. The standard InChI is InChI=1S/C21H25N3O3/c1-5-11-23-14(2)12-17(15(23)3)18(25)13-24-19(26)21(4,22-20(24)27)16-9-7-6-8-10-16/h6-10,12H,5,11,13H2,1-4H3,(H,22,27)/t21-/m1/s1. The van der Waals surface area contributed by atoms with Crippen LogP contribution in [0.2, 0.25) is 0 Å². The summed E-state index contributed by atoms with van der Waals surface area (Å²) in [6.45, 7) is 8.18. The first kappa shape index (κ1) is 18.9. The molecule has 0 saturated carbocycles. The molecule has 6 nitrogen and oxygen atoms in total. The van der Waals surface area contributed by atoms with E-state index < -0.39 is 17.5 Å². The zero-order chi connectivity index (χ0) is 19.8. The molecule has 6 heteroatoms. The molecule has 1 aromatic carbocycles. The normalized spacial score (nSPS) is 19.5. The van der Waals surface area contributed by atoms with Gasteiger partial charge in [-0.2, -0.15) is 0 Å². The van der Waals surface area contributed by atoms with Gasteiger partial charge in [-0.05, 0) is 38.8 Å². The smallest absolute Gasteiger partial charge is 0.325 e. The Morgan fingerprint density at radius 3 is 2.44 bits per heavy atom. The largest absolute Gasteiger partial charge is 0.348 e. The van der Waals surface area contributed by atoms with Crippen molar-refractivity contribution in [3.63, 3.8) is 0 Å². The van der Waals surface area contributed by atoms with Crippen LogP contribution in [0.5, 0.6) is 0 Å². The molecule has 2 heterocycles. The second-order valence-corrected chi connectivity index (χ2v) is 7.17. The maximum atomic E-state index is 12.9. The molecule has 0 bridgehead atoms. The number of hydrogen-bond acceptors (Lipinski definition) is 3. The van der Waals surface area contributed by atoms with Crippen molar-refractivity contribution in [1.29, 1.82) is 0 Å². The van der Waals surface area contributed by atoms with Gasteiger partial charge in [0.25, 0.3) is 5.91 Å². The molecule has 1 atom stereocenters. The summed E-state index contributed by atoms with van der Waals surface area (Å²) in [7, 11) is 0. The van der Waals surface area contributed by atoms with E-state index in [1.54, 1.807) is 19.1 Å². The van der Waals surface area contributed by atoms with Crippen LogP contribution in [0, 0.1) is 13.8 Å². The molecule has 142 valence electrons. The number of carbonyl (C=O) groups is 3. The zero-order valence-corrected chi connectivity index (χ0v) is 16.2. The molecule has 1 fully saturated rings. The van der Waals surface area contributed by atoms with Gasteiger partial charge in [-0.3, -0.25) is 14.5 Å². The van der Waals surface area contributed by atoms with Crippen molar-refractivity contribution in [2.45, 2.75) is 46.2 Å². The van der Waals surface area contributed by atoms with Crippen LogP contribution in [0.3, 0.4) is 0 Å². The molecule has 1 aromatic heterocycles. The van der Waals surface area contributed by atoms with E-state index in [9.17, 15) is 14.4 Å². The first-order valence-electron chi connectivity index (χ1n) is 9.19. The lowest BCUT2D eigenvalue weighted by atomic mass is 9.92. The third-order valence-electron chi connectivity index (χ3n) is 5.25. The molecule has 2 aromatic rings. The summed E-state index contributed by atoms with van der Waals surface area (Å²) in [6.07, 6.45) is 0.965. The first-order valence-corrected chi connectivity index (χ1v) is 9.19. The van der Waals surface area contributed by atoms with E-state index >= 15 is 0 Å². The fraction of sp³-hybridized carbons (Fsp3) is 0.381. The summed E-state index contributed by atoms with van der Waals surface area (Å²) in [5.74, 6) is -0.638. The van der Waals surface area contributed by atoms with E-state index in [-0.39, 0.29) is 12.3 Å². The molecule has 3 rings (SSSR count). The molecule has 0 radical (unpaired) electrons. The van der Waals surface area contributed by atoms with Crippen LogP contribution in [0.4, 0.5) is 4.79 Å². The topological polar surface area (TPSA) is 71.4 Å². The molecule has 0 unspecified atom stereocenters. The Kier molecular flexibility index (Phi) is 4.91. The number of rotatable bonds is 6. The Bertz CT molecular complexity index is 901. The van der Waals surface area contributed by atoms with Gasteiger partial charge in [-0.25, -0.2) is 4.79 Å². The number of benzene rings is 1. The van der Waals surface area contributed by atoms with Crippen LogP contribution in [0.15, 0.2) is 36.4 Å². The van der Waals surface area contributed by atoms with Crippen LogP contribution >= 0.6 is 0 Å². The van der Waals surface area contributed by atoms with E-state index in [1.165, 1.54) is 0 Å². The van der Waals surface area contributed by atoms with E-state index in [0.717, 1.165) is 29.3 Å². The highest BCUT2D eigenvalue weighted by Crippen LogP contribution is 2.29. The summed E-state index contributed by atoms with van der Waals surface area (Å²) in [4.78, 5) is 39.2. The van der Waals surface area contributed by atoms with E-state index in [4.69, 9.17) is 0 Å². The number of aromatic nitrogens is 1. The van der Waals surface area contributed by atoms with Crippen LogP contribution in [0.25, 0.3) is 0 Å². The van der Waals surface area contributed by atoms with Crippen LogP contribution in [0.1, 0.15) is 47.6 Å². The van der Waals surface area contributed by atoms with Gasteiger partial charge in [-0.15, -0.1) is 0 Å². The molecule has 0 aliphatic carbocycles. The molecule has 1 N–H and O–H groups in total. The lowest BCUT2D eigenvalue weighted by Gasteiger charge is -2.22. The molecule has 1 aliphatic rings. The van der Waals surface area contributed by atoms with Gasteiger partial charge in [-0.1, -0.05) is 37.3 Å². The summed E-state index contributed by atoms with van der Waals surface area (Å²) < 4.78 is 2.09. The number of nitrogens with one attached hydrogen (secondary N) is 1. The third-order valence-corrected chi connectivity index (χ3v) is 5.25. The monoisotopic (exact) mass is 367 g/mol. The maximum absolute atomic E-state index is 12.9. The average Bonchev–Trinajstić information content (AvgIpc) is 3.05. The van der Waals surface area contributed by atoms with E-state index in [1.807, 2.05) is 38.1 Å². The third kappa shape index (κ3) is 3.16. The molecule has 3 amide bonds. The van der Waals surface area contributed by atoms with Gasteiger partial charge in [0.1, 0.15) is 5.54 Å². The molecule has 0 spiro atoms. The Labute approximate surface area is 159 Å². The highest BCUT2D eigenvalue weighted by molar-refractivity contribution is 6.11. The minimum absolute atomic E-state index is 0.230. The van der Waals surface area contributed by atoms with Gasteiger partial charge in [0.05, 0.1) is 6.54 Å². The first-order chi connectivity index (χ1) is 12.8. The number of hydrogen-bond donors (Lipinski definition) is 1. The number of carbonyl (C=O) groups excluding carboxylic acids is 3. The summed E-state index contributed by atoms with van der Waals surface area (Å²) in [5.41, 5.74) is 1.98. The Balaban J connectivity index is 1.84. The minimum atomic E-state index is -1.16. The second kappa shape index (κ2) is 7.02. The summed E-state index contributed by atoms with van der Waals surface area (Å²) in [6, 6.07) is 10.4. The van der Waals surface area contributed by atoms with Gasteiger partial charge in [0, 0.05) is 23.5 Å². The van der Waals surface area contributed by atoms with Crippen LogP contribution < -0.4 is 5.32 Å². The van der Waals surface area contributed by atoms with Crippen molar-refractivity contribution in [1.82, 2.24) is 14.8 Å². The molecule has 27 heavy (non-hydrogen) atoms. The van der Waals surface area contributed by atoms with Crippen molar-refractivity contribution in [3.05, 3.63) is 58.9 Å². The highest BCUT2D eigenvalue weighted by atomic mass is 16.2. The number of nitrogens with zero attached hydrogens (tertiary/aromatic N) is 2. The molecular weight excluding hydrogens is 342 g/mol. The Hall–Kier alpha value is -2.89. The van der Waals surface area contributed by atoms with Gasteiger partial charge in [0.2, 0.25) is 0 Å². The van der Waals surface area contributed by atoms with Crippen molar-refractivity contribution >= 4 is 17.7 Å². The molecule has 1 aliphatic heterocycles. The van der Waals surface area contributed by atoms with Crippen molar-refractivity contribution < 1.29 is 14.4 Å². The van der Waals surface area contributed by atoms with Crippen LogP contribution in [-0.2, 0) is 16.9 Å².